The molecule has 0 aliphatic rings. The Morgan fingerprint density at radius 1 is 0.696 bits per heavy atom. The Balaban J connectivity index is 0.00000161. The first-order valence-electron chi connectivity index (χ1n) is 6.74. The summed E-state index contributed by atoms with van der Waals surface area (Å²) in [6.07, 6.45) is 0. The maximum atomic E-state index is 4.81. The Labute approximate surface area is 162 Å². The van der Waals surface area contributed by atoms with Gasteiger partial charge >= 0.3 is 19.5 Å². The standard InChI is InChI=1S/C17H19N3.2ClH.Zn/c1-19(2)14-7-5-12-9-13-6-8-15(20(3)4)11-17(13)18-16(12)10-14;;;/h5-11H,1-4H3;2*1H;/q;;;+2/p-1. The summed E-state index contributed by atoms with van der Waals surface area (Å²) in [5, 5.41) is 2.36. The molecule has 6 heteroatoms. The second-order valence-corrected chi connectivity index (χ2v) is 5.53. The van der Waals surface area contributed by atoms with E-state index in [1.165, 1.54) is 22.1 Å². The molecule has 3 aromatic rings. The molecule has 0 aliphatic carbocycles. The molecule has 0 spiro atoms. The number of halogens is 2. The SMILES string of the molecule is CN(C)c1ccc2cc3ccc(N(C)C)cc3nc2c1.Cl.[Cl-].[Zn+2]. The number of benzene rings is 2. The van der Waals surface area contributed by atoms with Crippen LogP contribution in [-0.2, 0) is 19.5 Å². The van der Waals surface area contributed by atoms with Crippen molar-refractivity contribution in [1.82, 2.24) is 4.98 Å². The summed E-state index contributed by atoms with van der Waals surface area (Å²) in [4.78, 5) is 9.01. The number of anilines is 2. The Hall–Kier alpha value is -1.09. The van der Waals surface area contributed by atoms with Crippen molar-refractivity contribution in [3.63, 3.8) is 0 Å². The van der Waals surface area contributed by atoms with E-state index in [0.717, 1.165) is 11.0 Å². The van der Waals surface area contributed by atoms with Gasteiger partial charge in [-0.05, 0) is 30.3 Å². The van der Waals surface area contributed by atoms with Gasteiger partial charge < -0.3 is 22.2 Å². The van der Waals surface area contributed by atoms with Crippen molar-refractivity contribution in [3.05, 3.63) is 42.5 Å². The number of rotatable bonds is 2. The first-order valence-corrected chi connectivity index (χ1v) is 6.74. The Kier molecular flexibility index (Phi) is 8.27. The minimum atomic E-state index is 0. The molecule has 0 fully saturated rings. The fraction of sp³-hybridized carbons (Fsp3) is 0.235. The van der Waals surface area contributed by atoms with E-state index in [4.69, 9.17) is 4.98 Å². The molecule has 0 saturated heterocycles. The van der Waals surface area contributed by atoms with Crippen LogP contribution >= 0.6 is 12.4 Å². The molecule has 118 valence electrons. The fourth-order valence-corrected chi connectivity index (χ4v) is 2.36. The first kappa shape index (κ1) is 21.9. The van der Waals surface area contributed by atoms with Gasteiger partial charge in [0.1, 0.15) is 0 Å². The number of hydrogen-bond donors (Lipinski definition) is 0. The van der Waals surface area contributed by atoms with E-state index in [2.05, 4.69) is 52.3 Å². The largest absolute Gasteiger partial charge is 2.00 e. The van der Waals surface area contributed by atoms with Crippen LogP contribution < -0.4 is 22.2 Å². The molecular weight excluding hydrogens is 383 g/mol. The van der Waals surface area contributed by atoms with Gasteiger partial charge in [0.2, 0.25) is 0 Å². The van der Waals surface area contributed by atoms with Crippen molar-refractivity contribution in [1.29, 1.82) is 0 Å². The van der Waals surface area contributed by atoms with Crippen molar-refractivity contribution in [3.8, 4) is 0 Å². The third-order valence-corrected chi connectivity index (χ3v) is 3.61. The van der Waals surface area contributed by atoms with Crippen molar-refractivity contribution >= 4 is 45.6 Å². The van der Waals surface area contributed by atoms with Gasteiger partial charge in [-0.1, -0.05) is 12.1 Å². The molecule has 0 N–H and O–H groups in total. The number of pyridine rings is 1. The Morgan fingerprint density at radius 3 is 1.43 bits per heavy atom. The summed E-state index contributed by atoms with van der Waals surface area (Å²) in [5.41, 5.74) is 4.43. The minimum Gasteiger partial charge on any atom is -1.00 e. The maximum absolute atomic E-state index is 4.81. The Bertz CT molecular complexity index is 728. The van der Waals surface area contributed by atoms with E-state index in [9.17, 15) is 0 Å². The van der Waals surface area contributed by atoms with Crippen LogP contribution in [-0.4, -0.2) is 33.2 Å². The van der Waals surface area contributed by atoms with Crippen molar-refractivity contribution in [2.75, 3.05) is 38.0 Å². The smallest absolute Gasteiger partial charge is 1.00 e. The predicted octanol–water partition coefficient (Wildman–Crippen LogP) is 0.943. The van der Waals surface area contributed by atoms with E-state index in [-0.39, 0.29) is 44.3 Å². The zero-order chi connectivity index (χ0) is 14.3. The molecular formula is C17H20Cl2N3Zn+. The molecule has 1 aromatic heterocycles. The van der Waals surface area contributed by atoms with Crippen LogP contribution in [0.4, 0.5) is 11.4 Å². The third-order valence-electron chi connectivity index (χ3n) is 3.61. The molecule has 0 radical (unpaired) electrons. The Morgan fingerprint density at radius 2 is 1.09 bits per heavy atom. The predicted molar refractivity (Wildman–Crippen MR) is 95.2 cm³/mol. The van der Waals surface area contributed by atoms with Gasteiger partial charge in [0.05, 0.1) is 11.0 Å². The van der Waals surface area contributed by atoms with Crippen LogP contribution in [0.2, 0.25) is 0 Å². The molecule has 3 nitrogen and oxygen atoms in total. The molecule has 0 atom stereocenters. The van der Waals surface area contributed by atoms with E-state index in [0.29, 0.717) is 0 Å². The van der Waals surface area contributed by atoms with E-state index in [1.807, 2.05) is 28.2 Å². The molecule has 0 unspecified atom stereocenters. The number of nitrogens with zero attached hydrogens (tertiary/aromatic N) is 3. The molecule has 0 saturated carbocycles. The van der Waals surface area contributed by atoms with Gasteiger partial charge in [-0.25, -0.2) is 4.98 Å². The topological polar surface area (TPSA) is 19.4 Å². The number of fused-ring (bicyclic) bond motifs is 2. The van der Waals surface area contributed by atoms with Crippen molar-refractivity contribution < 1.29 is 31.9 Å². The number of hydrogen-bond acceptors (Lipinski definition) is 3. The molecule has 0 amide bonds. The average Bonchev–Trinajstić information content (AvgIpc) is 2.43. The molecule has 0 bridgehead atoms. The van der Waals surface area contributed by atoms with Crippen molar-refractivity contribution in [2.45, 2.75) is 0 Å². The first-order chi connectivity index (χ1) is 9.54. The zero-order valence-corrected chi connectivity index (χ0v) is 18.4. The summed E-state index contributed by atoms with van der Waals surface area (Å²) in [7, 11) is 8.19. The van der Waals surface area contributed by atoms with Crippen LogP contribution in [0.15, 0.2) is 42.5 Å². The van der Waals surface area contributed by atoms with Gasteiger partial charge in [-0.2, -0.15) is 0 Å². The molecule has 0 aliphatic heterocycles. The van der Waals surface area contributed by atoms with E-state index in [1.54, 1.807) is 0 Å². The molecule has 3 rings (SSSR count). The average molecular weight is 403 g/mol. The second-order valence-electron chi connectivity index (χ2n) is 5.53. The van der Waals surface area contributed by atoms with Crippen LogP contribution in [0, 0.1) is 0 Å². The molecule has 2 aromatic carbocycles. The van der Waals surface area contributed by atoms with Crippen LogP contribution in [0.25, 0.3) is 21.8 Å². The van der Waals surface area contributed by atoms with Gasteiger partial charge in [-0.15, -0.1) is 12.4 Å². The minimum absolute atomic E-state index is 0. The number of aromatic nitrogens is 1. The van der Waals surface area contributed by atoms with Crippen LogP contribution in [0.5, 0.6) is 0 Å². The van der Waals surface area contributed by atoms with Crippen LogP contribution in [0.1, 0.15) is 0 Å². The van der Waals surface area contributed by atoms with E-state index >= 15 is 0 Å². The third kappa shape index (κ3) is 4.47. The molecule has 1 heterocycles. The van der Waals surface area contributed by atoms with Crippen LogP contribution in [0.3, 0.4) is 0 Å². The quantitative estimate of drug-likeness (QED) is 0.470. The fourth-order valence-electron chi connectivity index (χ4n) is 2.36. The normalized spacial score (nSPS) is 9.57. The van der Waals surface area contributed by atoms with E-state index < -0.39 is 0 Å². The van der Waals surface area contributed by atoms with Crippen molar-refractivity contribution in [2.24, 2.45) is 0 Å². The summed E-state index contributed by atoms with van der Waals surface area (Å²) in [6.45, 7) is 0. The van der Waals surface area contributed by atoms with Gasteiger partial charge in [-0.3, -0.25) is 0 Å². The molecule has 23 heavy (non-hydrogen) atoms. The van der Waals surface area contributed by atoms with Gasteiger partial charge in [0.15, 0.2) is 0 Å². The second kappa shape index (κ2) is 8.68. The summed E-state index contributed by atoms with van der Waals surface area (Å²) < 4.78 is 0. The maximum Gasteiger partial charge on any atom is 2.00 e. The summed E-state index contributed by atoms with van der Waals surface area (Å²) >= 11 is 0. The summed E-state index contributed by atoms with van der Waals surface area (Å²) in [6, 6.07) is 15.0. The monoisotopic (exact) mass is 400 g/mol. The van der Waals surface area contributed by atoms with Gasteiger partial charge in [0.25, 0.3) is 0 Å². The summed E-state index contributed by atoms with van der Waals surface area (Å²) in [5.74, 6) is 0. The van der Waals surface area contributed by atoms with Gasteiger partial charge in [0, 0.05) is 50.3 Å². The zero-order valence-electron chi connectivity index (χ0n) is 13.9.